The summed E-state index contributed by atoms with van der Waals surface area (Å²) < 4.78 is 4.59. The van der Waals surface area contributed by atoms with Crippen LogP contribution in [0.4, 0.5) is 0 Å². The van der Waals surface area contributed by atoms with Crippen LogP contribution in [0.5, 0.6) is 0 Å². The lowest BCUT2D eigenvalue weighted by molar-refractivity contribution is 0.419. The van der Waals surface area contributed by atoms with Gasteiger partial charge >= 0.3 is 6.35 Å². The number of nitrogens with zero attached hydrogens (tertiary/aromatic N) is 3. The van der Waals surface area contributed by atoms with E-state index < -0.39 is 6.35 Å². The fourth-order valence-electron chi connectivity index (χ4n) is 0.437. The molecule has 5 heteroatoms. The van der Waals surface area contributed by atoms with Crippen LogP contribution in [0.15, 0.2) is 0 Å². The summed E-state index contributed by atoms with van der Waals surface area (Å²) in [6, 6.07) is 1.72. The third-order valence-corrected chi connectivity index (χ3v) is 1.20. The van der Waals surface area contributed by atoms with Crippen molar-refractivity contribution in [1.82, 2.24) is 0 Å². The molecule has 0 aliphatic carbocycles. The molecule has 0 fully saturated rings. The molecule has 10 heavy (non-hydrogen) atoms. The van der Waals surface area contributed by atoms with E-state index in [1.807, 2.05) is 0 Å². The molecule has 50 valence electrons. The second-order valence-corrected chi connectivity index (χ2v) is 1.81. The molecule has 0 spiro atoms. The van der Waals surface area contributed by atoms with Gasteiger partial charge in [-0.25, -0.2) is 15.8 Å². The minimum atomic E-state index is -2.20. The highest BCUT2D eigenvalue weighted by Crippen LogP contribution is 2.05. The van der Waals surface area contributed by atoms with Gasteiger partial charge < -0.3 is 4.65 Å². The average Bonchev–Trinajstić information content (AvgIpc) is 2.01. The van der Waals surface area contributed by atoms with Gasteiger partial charge in [0.1, 0.15) is 0 Å². The molecule has 0 aliphatic rings. The van der Waals surface area contributed by atoms with Crippen molar-refractivity contribution in [2.24, 2.45) is 0 Å². The van der Waals surface area contributed by atoms with Crippen molar-refractivity contribution in [3.63, 3.8) is 0 Å². The van der Waals surface area contributed by atoms with Crippen molar-refractivity contribution in [1.29, 1.82) is 15.8 Å². The zero-order chi connectivity index (χ0) is 8.04. The van der Waals surface area contributed by atoms with Crippen molar-refractivity contribution < 1.29 is 4.65 Å². The molecule has 0 aliphatic heterocycles. The van der Waals surface area contributed by atoms with Gasteiger partial charge in [0.05, 0.1) is 0 Å². The van der Waals surface area contributed by atoms with Gasteiger partial charge in [0.2, 0.25) is 0 Å². The van der Waals surface area contributed by atoms with Gasteiger partial charge in [-0.1, -0.05) is 0 Å². The van der Waals surface area contributed by atoms with E-state index in [0.717, 1.165) is 0 Å². The molecule has 0 aromatic heterocycles. The lowest BCUT2D eigenvalue weighted by Crippen LogP contribution is -2.33. The first-order valence-electron chi connectivity index (χ1n) is 2.65. The first-order valence-corrected chi connectivity index (χ1v) is 2.65. The molecule has 4 nitrogen and oxygen atoms in total. The van der Waals surface area contributed by atoms with Crippen LogP contribution in [-0.2, 0) is 4.65 Å². The summed E-state index contributed by atoms with van der Waals surface area (Å²) >= 11 is 0. The fourth-order valence-corrected chi connectivity index (χ4v) is 0.437. The molecule has 0 saturated carbocycles. The quantitative estimate of drug-likeness (QED) is 0.506. The van der Waals surface area contributed by atoms with Crippen LogP contribution in [0.3, 0.4) is 0 Å². The Morgan fingerprint density at radius 1 is 1.30 bits per heavy atom. The lowest BCUT2D eigenvalue weighted by Gasteiger charge is -2.18. The van der Waals surface area contributed by atoms with Gasteiger partial charge in [-0.15, -0.1) is 11.9 Å². The second-order valence-electron chi connectivity index (χ2n) is 1.81. The van der Waals surface area contributed by atoms with E-state index in [9.17, 15) is 0 Å². The predicted octanol–water partition coefficient (Wildman–Crippen LogP) is 0.227. The van der Waals surface area contributed by atoms with Gasteiger partial charge in [-0.05, 0) is 13.4 Å². The smallest absolute Gasteiger partial charge is 0.327 e. The maximum absolute atomic E-state index is 8.39. The highest BCUT2D eigenvalue weighted by Gasteiger charge is 2.23. The molecule has 0 saturated heterocycles. The monoisotopic (exact) mass is 134 g/mol. The fraction of sp³-hybridized carbons (Fsp3) is 0.400. The topological polar surface area (TPSA) is 80.6 Å². The van der Waals surface area contributed by atoms with Crippen molar-refractivity contribution in [2.45, 2.75) is 6.32 Å². The Kier molecular flexibility index (Phi) is 2.98. The summed E-state index contributed by atoms with van der Waals surface area (Å²) in [6.07, 6.45) is -2.36. The molecule has 0 unspecified atom stereocenters. The molecule has 0 N–H and O–H groups in total. The molecule has 0 bridgehead atoms. The lowest BCUT2D eigenvalue weighted by atomic mass is 9.41. The van der Waals surface area contributed by atoms with Gasteiger partial charge in [0.25, 0.3) is 0 Å². The van der Waals surface area contributed by atoms with Crippen LogP contribution < -0.4 is 0 Å². The molecule has 0 amide bonds. The molecule has 0 rings (SSSR count). The zero-order valence-corrected chi connectivity index (χ0v) is 5.53. The van der Waals surface area contributed by atoms with Crippen molar-refractivity contribution in [3.8, 4) is 18.0 Å². The van der Waals surface area contributed by atoms with Crippen LogP contribution in [0.25, 0.3) is 0 Å². The summed E-state index contributed by atoms with van der Waals surface area (Å²) in [7, 11) is 1.25. The Labute approximate surface area is 59.2 Å². The van der Waals surface area contributed by atoms with Crippen LogP contribution in [0.2, 0.25) is 6.32 Å². The Morgan fingerprint density at radius 2 is 1.80 bits per heavy atom. The average molecular weight is 134 g/mol. The third kappa shape index (κ3) is 1.48. The number of hydrogen-bond donors (Lipinski definition) is 0. The molecular formula is C5H5BN3O-. The summed E-state index contributed by atoms with van der Waals surface area (Å²) in [4.78, 5) is 0. The van der Waals surface area contributed by atoms with E-state index in [1.54, 1.807) is 18.0 Å². The molecule has 0 atom stereocenters. The SMILES string of the molecule is CO[B-](C#N)(C#N)CC#N. The van der Waals surface area contributed by atoms with Crippen molar-refractivity contribution in [3.05, 3.63) is 0 Å². The predicted molar refractivity (Wildman–Crippen MR) is 34.4 cm³/mol. The van der Waals surface area contributed by atoms with E-state index in [1.165, 1.54) is 7.11 Å². The minimum Gasteiger partial charge on any atom is -0.570 e. The Balaban J connectivity index is 4.43. The van der Waals surface area contributed by atoms with Crippen molar-refractivity contribution in [2.75, 3.05) is 7.11 Å². The first-order chi connectivity index (χ1) is 4.74. The summed E-state index contributed by atoms with van der Waals surface area (Å²) in [5, 5.41) is 25.0. The molecule has 0 radical (unpaired) electrons. The van der Waals surface area contributed by atoms with Crippen LogP contribution in [-0.4, -0.2) is 13.5 Å². The molecular weight excluding hydrogens is 129 g/mol. The van der Waals surface area contributed by atoms with Gasteiger partial charge in [-0.3, -0.25) is 0 Å². The standard InChI is InChI=1S/C5H5BN3O/c1-10-6(4-8,5-9)2-3-7/h2H2,1H3/q-1. The molecule has 0 aromatic rings. The van der Waals surface area contributed by atoms with Crippen molar-refractivity contribution >= 4 is 6.35 Å². The van der Waals surface area contributed by atoms with E-state index in [2.05, 4.69) is 4.65 Å². The highest BCUT2D eigenvalue weighted by atomic mass is 16.4. The Hall–Kier alpha value is -1.51. The van der Waals surface area contributed by atoms with Crippen LogP contribution in [0, 0.1) is 33.8 Å². The van der Waals surface area contributed by atoms with E-state index in [0.29, 0.717) is 0 Å². The van der Waals surface area contributed by atoms with E-state index in [4.69, 9.17) is 15.8 Å². The zero-order valence-electron chi connectivity index (χ0n) is 5.53. The summed E-state index contributed by atoms with van der Waals surface area (Å²) in [5.41, 5.74) is 0. The normalized spacial score (nSPS) is 9.00. The van der Waals surface area contributed by atoms with Gasteiger partial charge in [0, 0.05) is 6.07 Å². The van der Waals surface area contributed by atoms with Crippen LogP contribution in [0.1, 0.15) is 0 Å². The van der Waals surface area contributed by atoms with Gasteiger partial charge in [-0.2, -0.15) is 0 Å². The summed E-state index contributed by atoms with van der Waals surface area (Å²) in [6.45, 7) is 0. The first kappa shape index (κ1) is 8.49. The Morgan fingerprint density at radius 3 is 1.90 bits per heavy atom. The number of nitriles is 3. The summed E-state index contributed by atoms with van der Waals surface area (Å²) in [5.74, 6) is 3.34. The van der Waals surface area contributed by atoms with E-state index in [-0.39, 0.29) is 6.32 Å². The molecule has 0 aromatic carbocycles. The third-order valence-electron chi connectivity index (χ3n) is 1.20. The maximum Gasteiger partial charge on any atom is 0.327 e. The Bertz CT molecular complexity index is 217. The largest absolute Gasteiger partial charge is 0.570 e. The number of hydrogen-bond acceptors (Lipinski definition) is 4. The minimum absolute atomic E-state index is 0.163. The number of rotatable bonds is 2. The highest BCUT2D eigenvalue weighted by molar-refractivity contribution is 6.88. The van der Waals surface area contributed by atoms with Gasteiger partial charge in [0.15, 0.2) is 0 Å². The van der Waals surface area contributed by atoms with Crippen LogP contribution >= 0.6 is 0 Å². The second kappa shape index (κ2) is 3.51. The maximum atomic E-state index is 8.39. The van der Waals surface area contributed by atoms with E-state index >= 15 is 0 Å². The molecule has 0 heterocycles.